The Bertz CT molecular complexity index is 793. The van der Waals surface area contributed by atoms with Crippen molar-refractivity contribution < 1.29 is 18.0 Å². The monoisotopic (exact) mass is 375 g/mol. The number of nitrogens with one attached hydrogen (secondary N) is 2. The molecule has 0 saturated carbocycles. The van der Waals surface area contributed by atoms with E-state index in [9.17, 15) is 22.8 Å². The van der Waals surface area contributed by atoms with E-state index in [0.717, 1.165) is 16.7 Å². The molecule has 0 atom stereocenters. The number of aromatic amines is 1. The van der Waals surface area contributed by atoms with Crippen LogP contribution in [0.15, 0.2) is 45.2 Å². The Kier molecular flexibility index (Phi) is 5.94. The van der Waals surface area contributed by atoms with Crippen LogP contribution in [0.4, 0.5) is 18.9 Å². The highest BCUT2D eigenvalue weighted by Gasteiger charge is 2.33. The van der Waals surface area contributed by atoms with Crippen molar-refractivity contribution in [2.24, 2.45) is 0 Å². The number of benzene rings is 1. The van der Waals surface area contributed by atoms with Gasteiger partial charge in [-0.15, -0.1) is 11.8 Å². The molecule has 0 saturated heterocycles. The van der Waals surface area contributed by atoms with Crippen LogP contribution in [-0.4, -0.2) is 27.9 Å². The lowest BCUT2D eigenvalue weighted by Crippen LogP contribution is -2.18. The number of alkyl halides is 3. The van der Waals surface area contributed by atoms with E-state index >= 15 is 0 Å². The molecule has 128 valence electrons. The van der Waals surface area contributed by atoms with Crippen LogP contribution in [0.3, 0.4) is 0 Å². The number of thioether (sulfide) groups is 2. The summed E-state index contributed by atoms with van der Waals surface area (Å²) in [6.45, 7) is 0. The average Bonchev–Trinajstić information content (AvgIpc) is 2.52. The fraction of sp³-hybridized carbons (Fsp3) is 0.214. The number of nitrogens with zero attached hydrogens (tertiary/aromatic N) is 1. The largest absolute Gasteiger partial charge is 0.433 e. The Morgan fingerprint density at radius 2 is 2.04 bits per heavy atom. The van der Waals surface area contributed by atoms with Gasteiger partial charge in [0.15, 0.2) is 10.9 Å². The number of anilines is 1. The minimum Gasteiger partial charge on any atom is -0.324 e. The van der Waals surface area contributed by atoms with E-state index in [2.05, 4.69) is 15.3 Å². The topological polar surface area (TPSA) is 74.8 Å². The van der Waals surface area contributed by atoms with Gasteiger partial charge in [-0.05, 0) is 18.4 Å². The molecule has 1 aromatic carbocycles. The smallest absolute Gasteiger partial charge is 0.324 e. The minimum atomic E-state index is -4.72. The molecule has 0 bridgehead atoms. The maximum Gasteiger partial charge on any atom is 0.433 e. The molecule has 2 N–H and O–H groups in total. The summed E-state index contributed by atoms with van der Waals surface area (Å²) in [5, 5.41) is 2.41. The second-order valence-electron chi connectivity index (χ2n) is 4.47. The molecular formula is C14H12F3N3O2S2. The fourth-order valence-electron chi connectivity index (χ4n) is 1.72. The summed E-state index contributed by atoms with van der Waals surface area (Å²) in [5.41, 5.74) is -1.60. The van der Waals surface area contributed by atoms with Crippen LogP contribution in [-0.2, 0) is 11.0 Å². The van der Waals surface area contributed by atoms with E-state index in [1.165, 1.54) is 11.8 Å². The summed E-state index contributed by atoms with van der Waals surface area (Å²) in [6.07, 6.45) is -2.86. The lowest BCUT2D eigenvalue weighted by atomic mass is 10.3. The number of hydrogen-bond donors (Lipinski definition) is 2. The number of hydrogen-bond acceptors (Lipinski definition) is 5. The quantitative estimate of drug-likeness (QED) is 0.620. The Balaban J connectivity index is 2.04. The van der Waals surface area contributed by atoms with Gasteiger partial charge in [0.05, 0.1) is 11.4 Å². The summed E-state index contributed by atoms with van der Waals surface area (Å²) < 4.78 is 37.8. The molecule has 5 nitrogen and oxygen atoms in total. The van der Waals surface area contributed by atoms with E-state index in [1.54, 1.807) is 12.1 Å². The number of aromatic nitrogens is 2. The number of carbonyl (C=O) groups is 1. The number of carbonyl (C=O) groups excluding carboxylic acids is 1. The SMILES string of the molecule is CSc1ccccc1NC(=O)CSc1nc(C(F)(F)F)cc(=O)[nH]1. The average molecular weight is 375 g/mol. The van der Waals surface area contributed by atoms with Crippen LogP contribution < -0.4 is 10.9 Å². The zero-order chi connectivity index (χ0) is 17.7. The first-order valence-corrected chi connectivity index (χ1v) is 8.75. The van der Waals surface area contributed by atoms with E-state index in [1.807, 2.05) is 18.4 Å². The first-order valence-electron chi connectivity index (χ1n) is 6.54. The van der Waals surface area contributed by atoms with Crippen molar-refractivity contribution >= 4 is 35.1 Å². The van der Waals surface area contributed by atoms with E-state index in [4.69, 9.17) is 0 Å². The highest BCUT2D eigenvalue weighted by atomic mass is 32.2. The number of para-hydroxylation sites is 1. The van der Waals surface area contributed by atoms with Crippen molar-refractivity contribution in [1.82, 2.24) is 9.97 Å². The molecule has 1 aromatic heterocycles. The Labute approximate surface area is 143 Å². The standard InChI is InChI=1S/C14H12F3N3O2S2/c1-23-9-5-3-2-4-8(9)18-12(22)7-24-13-19-10(14(15,16)17)6-11(21)20-13/h2-6H,7H2,1H3,(H,18,22)(H,19,20,21). The van der Waals surface area contributed by atoms with Crippen LogP contribution in [0, 0.1) is 0 Å². The molecule has 24 heavy (non-hydrogen) atoms. The molecule has 1 heterocycles. The van der Waals surface area contributed by atoms with Crippen molar-refractivity contribution in [3.05, 3.63) is 46.4 Å². The highest BCUT2D eigenvalue weighted by Crippen LogP contribution is 2.28. The molecule has 0 spiro atoms. The van der Waals surface area contributed by atoms with Crippen LogP contribution in [0.1, 0.15) is 5.69 Å². The van der Waals surface area contributed by atoms with Gasteiger partial charge in [-0.2, -0.15) is 13.2 Å². The summed E-state index contributed by atoms with van der Waals surface area (Å²) in [7, 11) is 0. The Morgan fingerprint density at radius 1 is 1.33 bits per heavy atom. The molecule has 2 aromatic rings. The second-order valence-corrected chi connectivity index (χ2v) is 6.28. The normalized spacial score (nSPS) is 11.3. The van der Waals surface area contributed by atoms with Gasteiger partial charge >= 0.3 is 6.18 Å². The number of amides is 1. The lowest BCUT2D eigenvalue weighted by Gasteiger charge is -2.09. The van der Waals surface area contributed by atoms with Gasteiger partial charge < -0.3 is 10.3 Å². The van der Waals surface area contributed by atoms with Gasteiger partial charge in [0.1, 0.15) is 0 Å². The first-order chi connectivity index (χ1) is 11.3. The van der Waals surface area contributed by atoms with Gasteiger partial charge in [0.2, 0.25) is 5.91 Å². The van der Waals surface area contributed by atoms with E-state index in [-0.39, 0.29) is 10.9 Å². The predicted octanol–water partition coefficient (Wildman–Crippen LogP) is 3.24. The zero-order valence-corrected chi connectivity index (χ0v) is 13.9. The van der Waals surface area contributed by atoms with Crippen molar-refractivity contribution in [1.29, 1.82) is 0 Å². The lowest BCUT2D eigenvalue weighted by molar-refractivity contribution is -0.141. The zero-order valence-electron chi connectivity index (χ0n) is 12.3. The third-order valence-corrected chi connectivity index (χ3v) is 4.40. The maximum atomic E-state index is 12.6. The summed E-state index contributed by atoms with van der Waals surface area (Å²) in [4.78, 5) is 29.6. The van der Waals surface area contributed by atoms with Gasteiger partial charge in [-0.1, -0.05) is 23.9 Å². The molecule has 0 aliphatic rings. The van der Waals surface area contributed by atoms with Gasteiger partial charge in [-0.3, -0.25) is 9.59 Å². The minimum absolute atomic E-state index is 0.188. The molecule has 0 aliphatic heterocycles. The summed E-state index contributed by atoms with van der Waals surface area (Å²) in [5.74, 6) is -0.603. The molecule has 0 aliphatic carbocycles. The fourth-order valence-corrected chi connectivity index (χ4v) is 2.95. The van der Waals surface area contributed by atoms with Crippen LogP contribution >= 0.6 is 23.5 Å². The Hall–Kier alpha value is -1.94. The molecule has 0 unspecified atom stereocenters. The van der Waals surface area contributed by atoms with E-state index in [0.29, 0.717) is 11.8 Å². The van der Waals surface area contributed by atoms with Crippen LogP contribution in [0.2, 0.25) is 0 Å². The molecule has 0 radical (unpaired) electrons. The number of halogens is 3. The predicted molar refractivity (Wildman–Crippen MR) is 87.4 cm³/mol. The number of H-pyrrole nitrogens is 1. The Morgan fingerprint density at radius 3 is 2.71 bits per heavy atom. The van der Waals surface area contributed by atoms with Gasteiger partial charge in [0, 0.05) is 11.0 Å². The summed E-state index contributed by atoms with van der Waals surface area (Å²) >= 11 is 2.17. The van der Waals surface area contributed by atoms with Gasteiger partial charge in [-0.25, -0.2) is 4.98 Å². The second kappa shape index (κ2) is 7.75. The maximum absolute atomic E-state index is 12.6. The third-order valence-electron chi connectivity index (χ3n) is 2.73. The summed E-state index contributed by atoms with van der Waals surface area (Å²) in [6, 6.07) is 7.51. The van der Waals surface area contributed by atoms with Crippen molar-refractivity contribution in [3.8, 4) is 0 Å². The van der Waals surface area contributed by atoms with Crippen molar-refractivity contribution in [2.75, 3.05) is 17.3 Å². The highest BCUT2D eigenvalue weighted by molar-refractivity contribution is 7.99. The third kappa shape index (κ3) is 5.03. The molecule has 2 rings (SSSR count). The van der Waals surface area contributed by atoms with Crippen molar-refractivity contribution in [2.45, 2.75) is 16.2 Å². The molecule has 1 amide bonds. The van der Waals surface area contributed by atoms with E-state index < -0.39 is 23.3 Å². The molecule has 10 heteroatoms. The van der Waals surface area contributed by atoms with Crippen LogP contribution in [0.25, 0.3) is 0 Å². The first kappa shape index (κ1) is 18.4. The molecular weight excluding hydrogens is 363 g/mol. The van der Waals surface area contributed by atoms with Crippen molar-refractivity contribution in [3.63, 3.8) is 0 Å². The van der Waals surface area contributed by atoms with Gasteiger partial charge in [0.25, 0.3) is 5.56 Å². The number of rotatable bonds is 5. The molecule has 0 fully saturated rings. The van der Waals surface area contributed by atoms with Crippen LogP contribution in [0.5, 0.6) is 0 Å².